The van der Waals surface area contributed by atoms with Crippen molar-refractivity contribution >= 4 is 5.97 Å². The van der Waals surface area contributed by atoms with Gasteiger partial charge in [-0.1, -0.05) is 0 Å². The quantitative estimate of drug-likeness (QED) is 0.724. The summed E-state index contributed by atoms with van der Waals surface area (Å²) in [6.45, 7) is 3.56. The van der Waals surface area contributed by atoms with Crippen molar-refractivity contribution in [1.29, 1.82) is 0 Å². The zero-order chi connectivity index (χ0) is 20.5. The summed E-state index contributed by atoms with van der Waals surface area (Å²) in [7, 11) is 1.24. The summed E-state index contributed by atoms with van der Waals surface area (Å²) < 4.78 is 59.6. The molecule has 0 unspecified atom stereocenters. The second kappa shape index (κ2) is 7.31. The van der Waals surface area contributed by atoms with Crippen LogP contribution in [0.5, 0.6) is 11.5 Å². The van der Waals surface area contributed by atoms with Gasteiger partial charge in [-0.3, -0.25) is 0 Å². The summed E-state index contributed by atoms with van der Waals surface area (Å²) in [5, 5.41) is 0. The van der Waals surface area contributed by atoms with Crippen LogP contribution in [0.2, 0.25) is 0 Å². The zero-order valence-corrected chi connectivity index (χ0v) is 15.4. The molecule has 3 rings (SSSR count). The van der Waals surface area contributed by atoms with E-state index >= 15 is 0 Å². The Labute approximate surface area is 159 Å². The predicted octanol–water partition coefficient (Wildman–Crippen LogP) is 4.11. The molecule has 0 saturated carbocycles. The van der Waals surface area contributed by atoms with E-state index in [-0.39, 0.29) is 30.4 Å². The summed E-state index contributed by atoms with van der Waals surface area (Å²) in [5.74, 6) is -1.10. The summed E-state index contributed by atoms with van der Waals surface area (Å²) in [6.07, 6.45) is -2.98. The molecule has 0 fully saturated rings. The number of alkyl halides is 3. The van der Waals surface area contributed by atoms with Crippen LogP contribution in [-0.4, -0.2) is 23.9 Å². The van der Waals surface area contributed by atoms with E-state index in [9.17, 15) is 18.0 Å². The van der Waals surface area contributed by atoms with Gasteiger partial charge in [0.2, 0.25) is 5.79 Å². The van der Waals surface area contributed by atoms with Crippen molar-refractivity contribution in [1.82, 2.24) is 4.98 Å². The molecule has 0 saturated heterocycles. The number of rotatable bonds is 4. The first-order chi connectivity index (χ1) is 13.1. The molecule has 0 aliphatic carbocycles. The maximum atomic E-state index is 12.6. The van der Waals surface area contributed by atoms with Crippen LogP contribution in [0.15, 0.2) is 30.5 Å². The molecule has 0 atom stereocenters. The topological polar surface area (TPSA) is 66.9 Å². The maximum absolute atomic E-state index is 12.6. The van der Waals surface area contributed by atoms with E-state index in [0.717, 1.165) is 12.1 Å². The van der Waals surface area contributed by atoms with Crippen LogP contribution in [-0.2, 0) is 28.9 Å². The highest BCUT2D eigenvalue weighted by atomic mass is 19.4. The number of carbonyl (C=O) groups excluding carboxylic acids is 1. The summed E-state index contributed by atoms with van der Waals surface area (Å²) in [5.41, 5.74) is 0.414. The van der Waals surface area contributed by atoms with Gasteiger partial charge < -0.3 is 18.9 Å². The number of carbonyl (C=O) groups is 1. The molecule has 0 N–H and O–H groups in total. The Kier molecular flexibility index (Phi) is 5.20. The Hall–Kier alpha value is -2.81. The molecular formula is C19H18F3NO5. The van der Waals surface area contributed by atoms with Crippen molar-refractivity contribution in [3.05, 3.63) is 52.8 Å². The van der Waals surface area contributed by atoms with E-state index in [1.807, 2.05) is 0 Å². The fourth-order valence-corrected chi connectivity index (χ4v) is 2.62. The van der Waals surface area contributed by atoms with Crippen molar-refractivity contribution in [3.8, 4) is 11.5 Å². The number of hydrogen-bond donors (Lipinski definition) is 0. The lowest BCUT2D eigenvalue weighted by molar-refractivity contribution is -0.180. The van der Waals surface area contributed by atoms with Gasteiger partial charge in [-0.2, -0.15) is 13.2 Å². The number of nitrogens with zero attached hydrogens (tertiary/aromatic N) is 1. The molecular weight excluding hydrogens is 379 g/mol. The van der Waals surface area contributed by atoms with Gasteiger partial charge in [0.1, 0.15) is 12.4 Å². The van der Waals surface area contributed by atoms with Crippen LogP contribution >= 0.6 is 0 Å². The van der Waals surface area contributed by atoms with Crippen LogP contribution in [0.25, 0.3) is 0 Å². The molecule has 2 heterocycles. The first-order valence-corrected chi connectivity index (χ1v) is 8.33. The van der Waals surface area contributed by atoms with E-state index < -0.39 is 23.5 Å². The van der Waals surface area contributed by atoms with Crippen molar-refractivity contribution in [2.75, 3.05) is 7.11 Å². The molecule has 6 nitrogen and oxygen atoms in total. The molecule has 0 amide bonds. The summed E-state index contributed by atoms with van der Waals surface area (Å²) in [6, 6.07) is 4.36. The molecule has 1 aliphatic rings. The third kappa shape index (κ3) is 4.19. The van der Waals surface area contributed by atoms with Gasteiger partial charge in [0.25, 0.3) is 0 Å². The van der Waals surface area contributed by atoms with E-state index in [2.05, 4.69) is 4.98 Å². The van der Waals surface area contributed by atoms with Gasteiger partial charge in [-0.15, -0.1) is 0 Å². The maximum Gasteiger partial charge on any atom is 0.416 e. The smallest absolute Gasteiger partial charge is 0.416 e. The number of ether oxygens (including phenoxy) is 4. The lowest BCUT2D eigenvalue weighted by atomic mass is 10.1. The Balaban J connectivity index is 1.84. The molecule has 0 bridgehead atoms. The third-order valence-corrected chi connectivity index (χ3v) is 4.09. The number of aromatic nitrogens is 1. The van der Waals surface area contributed by atoms with E-state index in [1.165, 1.54) is 25.4 Å². The Bertz CT molecular complexity index is 878. The first kappa shape index (κ1) is 19.9. The molecule has 1 aromatic carbocycles. The average Bonchev–Trinajstić information content (AvgIpc) is 2.64. The van der Waals surface area contributed by atoms with Crippen LogP contribution in [0, 0.1) is 0 Å². The summed E-state index contributed by atoms with van der Waals surface area (Å²) >= 11 is 0. The normalized spacial score (nSPS) is 15.4. The minimum Gasteiger partial charge on any atom is -0.489 e. The monoisotopic (exact) mass is 397 g/mol. The standard InChI is InChI=1S/C19H18F3NO5/c1-18(2)27-10-14-11(8-23-15(16(14)28-18)17(24)25-3)9-26-13-6-4-12(5-7-13)19(20,21)22/h4-8H,9-10H2,1-3H3. The van der Waals surface area contributed by atoms with Crippen LogP contribution < -0.4 is 9.47 Å². The number of esters is 1. The van der Waals surface area contributed by atoms with E-state index in [1.54, 1.807) is 13.8 Å². The average molecular weight is 397 g/mol. The minimum absolute atomic E-state index is 0.00923. The molecule has 9 heteroatoms. The van der Waals surface area contributed by atoms with Gasteiger partial charge in [0, 0.05) is 31.2 Å². The number of pyridine rings is 1. The number of hydrogen-bond acceptors (Lipinski definition) is 6. The van der Waals surface area contributed by atoms with Gasteiger partial charge in [0.15, 0.2) is 11.4 Å². The van der Waals surface area contributed by atoms with Gasteiger partial charge in [-0.05, 0) is 24.3 Å². The number of fused-ring (bicyclic) bond motifs is 1. The SMILES string of the molecule is COC(=O)c1ncc(COc2ccc(C(F)(F)F)cc2)c2c1OC(C)(C)OC2. The van der Waals surface area contributed by atoms with Crippen molar-refractivity contribution < 1.29 is 36.9 Å². The second-order valence-electron chi connectivity index (χ2n) is 6.53. The van der Waals surface area contributed by atoms with Crippen LogP contribution in [0.4, 0.5) is 13.2 Å². The van der Waals surface area contributed by atoms with Crippen LogP contribution in [0.1, 0.15) is 41.0 Å². The lowest BCUT2D eigenvalue weighted by Crippen LogP contribution is -2.37. The van der Waals surface area contributed by atoms with E-state index in [4.69, 9.17) is 18.9 Å². The summed E-state index contributed by atoms with van der Waals surface area (Å²) in [4.78, 5) is 16.1. The predicted molar refractivity (Wildman–Crippen MR) is 90.8 cm³/mol. The van der Waals surface area contributed by atoms with Crippen molar-refractivity contribution in [2.24, 2.45) is 0 Å². The second-order valence-corrected chi connectivity index (χ2v) is 6.53. The molecule has 28 heavy (non-hydrogen) atoms. The molecule has 0 radical (unpaired) electrons. The first-order valence-electron chi connectivity index (χ1n) is 8.33. The molecule has 2 aromatic rings. The van der Waals surface area contributed by atoms with Gasteiger partial charge in [-0.25, -0.2) is 9.78 Å². The Morgan fingerprint density at radius 1 is 1.25 bits per heavy atom. The molecule has 0 spiro atoms. The van der Waals surface area contributed by atoms with Gasteiger partial charge in [0.05, 0.1) is 19.3 Å². The minimum atomic E-state index is -4.41. The third-order valence-electron chi connectivity index (χ3n) is 4.09. The molecule has 150 valence electrons. The largest absolute Gasteiger partial charge is 0.489 e. The fourth-order valence-electron chi connectivity index (χ4n) is 2.62. The van der Waals surface area contributed by atoms with Gasteiger partial charge >= 0.3 is 12.1 Å². The lowest BCUT2D eigenvalue weighted by Gasteiger charge is -2.34. The molecule has 1 aliphatic heterocycles. The number of benzene rings is 1. The van der Waals surface area contributed by atoms with Crippen LogP contribution in [0.3, 0.4) is 0 Å². The fraction of sp³-hybridized carbons (Fsp3) is 0.368. The zero-order valence-electron chi connectivity index (χ0n) is 15.4. The van der Waals surface area contributed by atoms with E-state index in [0.29, 0.717) is 11.1 Å². The molecule has 1 aromatic heterocycles. The van der Waals surface area contributed by atoms with Crippen molar-refractivity contribution in [3.63, 3.8) is 0 Å². The highest BCUT2D eigenvalue weighted by Gasteiger charge is 2.34. The number of halogens is 3. The number of methoxy groups -OCH3 is 1. The Morgan fingerprint density at radius 2 is 1.93 bits per heavy atom. The Morgan fingerprint density at radius 3 is 2.54 bits per heavy atom. The van der Waals surface area contributed by atoms with Crippen molar-refractivity contribution in [2.45, 2.75) is 39.0 Å². The highest BCUT2D eigenvalue weighted by Crippen LogP contribution is 2.36. The highest BCUT2D eigenvalue weighted by molar-refractivity contribution is 5.91.